The minimum Gasteiger partial charge on any atom is -0.494 e. The van der Waals surface area contributed by atoms with Crippen LogP contribution in [0.3, 0.4) is 0 Å². The highest BCUT2D eigenvalue weighted by Gasteiger charge is 2.15. The fraction of sp³-hybridized carbons (Fsp3) is 0.346. The summed E-state index contributed by atoms with van der Waals surface area (Å²) >= 11 is 1.51. The number of thiazole rings is 1. The van der Waals surface area contributed by atoms with Gasteiger partial charge in [0, 0.05) is 17.4 Å². The number of hydrogen-bond acceptors (Lipinski definition) is 5. The summed E-state index contributed by atoms with van der Waals surface area (Å²) in [7, 11) is 0. The van der Waals surface area contributed by atoms with Gasteiger partial charge in [-0.25, -0.2) is 4.52 Å². The smallest absolute Gasteiger partial charge is 0.250 e. The Balaban J connectivity index is 1.31. The van der Waals surface area contributed by atoms with Crippen LogP contribution in [0.1, 0.15) is 50.3 Å². The molecule has 1 amide bonds. The van der Waals surface area contributed by atoms with E-state index in [1.54, 1.807) is 4.52 Å². The molecular formula is C26H30N4O2S. The summed E-state index contributed by atoms with van der Waals surface area (Å²) in [6.45, 7) is 11.2. The first-order valence-electron chi connectivity index (χ1n) is 11.2. The average molecular weight is 463 g/mol. The number of amides is 1. The predicted molar refractivity (Wildman–Crippen MR) is 134 cm³/mol. The zero-order valence-corrected chi connectivity index (χ0v) is 20.6. The van der Waals surface area contributed by atoms with Crippen molar-refractivity contribution in [3.63, 3.8) is 0 Å². The highest BCUT2D eigenvalue weighted by atomic mass is 32.1. The van der Waals surface area contributed by atoms with Gasteiger partial charge in [-0.05, 0) is 48.9 Å². The second-order valence-electron chi connectivity index (χ2n) is 9.34. The Morgan fingerprint density at radius 3 is 2.58 bits per heavy atom. The fourth-order valence-corrected chi connectivity index (χ4v) is 4.50. The first-order valence-corrected chi connectivity index (χ1v) is 12.0. The minimum atomic E-state index is -0.118. The molecule has 0 radical (unpaired) electrons. The van der Waals surface area contributed by atoms with Crippen molar-refractivity contribution in [2.75, 3.05) is 11.9 Å². The third kappa shape index (κ3) is 5.42. The van der Waals surface area contributed by atoms with E-state index in [-0.39, 0.29) is 11.3 Å². The number of fused-ring (bicyclic) bond motifs is 1. The summed E-state index contributed by atoms with van der Waals surface area (Å²) in [5.74, 6) is 1.03. The molecule has 0 aliphatic heterocycles. The number of aryl methyl sites for hydroxylation is 2. The molecular weight excluding hydrogens is 432 g/mol. The zero-order chi connectivity index (χ0) is 23.6. The quantitative estimate of drug-likeness (QED) is 0.334. The van der Waals surface area contributed by atoms with Crippen LogP contribution in [0.5, 0.6) is 5.75 Å². The Kier molecular flexibility index (Phi) is 6.51. The number of ether oxygens (including phenoxy) is 1. The maximum absolute atomic E-state index is 12.4. The number of aromatic nitrogens is 3. The second-order valence-corrected chi connectivity index (χ2v) is 10.2. The Hall–Kier alpha value is -3.19. The van der Waals surface area contributed by atoms with Crippen molar-refractivity contribution in [2.45, 2.75) is 52.9 Å². The molecule has 4 aromatic rings. The molecule has 0 spiro atoms. The molecule has 0 fully saturated rings. The Bertz CT molecular complexity index is 1270. The van der Waals surface area contributed by atoms with Crippen molar-refractivity contribution >= 4 is 28.2 Å². The summed E-state index contributed by atoms with van der Waals surface area (Å²) in [6, 6.07) is 14.5. The highest BCUT2D eigenvalue weighted by Crippen LogP contribution is 2.29. The van der Waals surface area contributed by atoms with E-state index in [9.17, 15) is 4.79 Å². The van der Waals surface area contributed by atoms with Gasteiger partial charge in [-0.15, -0.1) is 16.4 Å². The van der Waals surface area contributed by atoms with Gasteiger partial charge in [0.25, 0.3) is 0 Å². The number of hydrogen-bond donors (Lipinski definition) is 1. The van der Waals surface area contributed by atoms with Crippen molar-refractivity contribution in [1.82, 2.24) is 14.6 Å². The molecule has 33 heavy (non-hydrogen) atoms. The number of nitrogens with zero attached hydrogens (tertiary/aromatic N) is 3. The van der Waals surface area contributed by atoms with Crippen molar-refractivity contribution < 1.29 is 9.53 Å². The molecule has 0 unspecified atom stereocenters. The number of benzene rings is 2. The number of rotatable bonds is 7. The normalized spacial score (nSPS) is 11.7. The maximum atomic E-state index is 12.4. The van der Waals surface area contributed by atoms with Gasteiger partial charge in [-0.1, -0.05) is 56.7 Å². The Morgan fingerprint density at radius 1 is 1.12 bits per heavy atom. The van der Waals surface area contributed by atoms with Crippen LogP contribution in [0, 0.1) is 13.8 Å². The summed E-state index contributed by atoms with van der Waals surface area (Å²) in [5, 5.41) is 9.37. The van der Waals surface area contributed by atoms with Gasteiger partial charge in [0.2, 0.25) is 16.8 Å². The van der Waals surface area contributed by atoms with E-state index >= 15 is 0 Å². The summed E-state index contributed by atoms with van der Waals surface area (Å²) in [6.07, 6.45) is 0.958. The molecule has 1 N–H and O–H groups in total. The summed E-state index contributed by atoms with van der Waals surface area (Å²) in [4.78, 5) is 17.6. The van der Waals surface area contributed by atoms with Crippen LogP contribution in [0.15, 0.2) is 47.8 Å². The molecule has 2 aromatic heterocycles. The molecule has 0 aliphatic carbocycles. The summed E-state index contributed by atoms with van der Waals surface area (Å²) in [5.41, 5.74) is 5.88. The van der Waals surface area contributed by atoms with Gasteiger partial charge in [0.1, 0.15) is 5.75 Å². The number of nitrogens with one attached hydrogen (secondary N) is 1. The van der Waals surface area contributed by atoms with Gasteiger partial charge in [0.15, 0.2) is 0 Å². The van der Waals surface area contributed by atoms with Crippen LogP contribution in [0.25, 0.3) is 16.2 Å². The van der Waals surface area contributed by atoms with Crippen LogP contribution in [-0.2, 0) is 10.2 Å². The first kappa shape index (κ1) is 23.0. The lowest BCUT2D eigenvalue weighted by Gasteiger charge is -2.19. The largest absolute Gasteiger partial charge is 0.494 e. The molecule has 2 heterocycles. The van der Waals surface area contributed by atoms with Gasteiger partial charge in [-0.2, -0.15) is 4.98 Å². The van der Waals surface area contributed by atoms with Gasteiger partial charge in [0.05, 0.1) is 12.3 Å². The predicted octanol–water partition coefficient (Wildman–Crippen LogP) is 6.17. The van der Waals surface area contributed by atoms with E-state index in [1.807, 2.05) is 17.5 Å². The lowest BCUT2D eigenvalue weighted by Crippen LogP contribution is -2.14. The SMILES string of the molecule is Cc1ccc(-c2csc3nc(NC(=O)CCCOc4ccc(C(C)(C)C)cc4)nn23)c(C)c1. The van der Waals surface area contributed by atoms with Crippen LogP contribution < -0.4 is 10.1 Å². The third-order valence-electron chi connectivity index (χ3n) is 5.53. The number of carbonyl (C=O) groups excluding carboxylic acids is 1. The minimum absolute atomic E-state index is 0.117. The summed E-state index contributed by atoms with van der Waals surface area (Å²) < 4.78 is 7.57. The molecule has 0 aliphatic rings. The van der Waals surface area contributed by atoms with Gasteiger partial charge < -0.3 is 4.74 Å². The fourth-order valence-electron chi connectivity index (χ4n) is 3.68. The standard InChI is InChI=1S/C26H30N4O2S/c1-17-8-13-21(18(2)15-17)22-16-33-25-28-24(29-30(22)25)27-23(31)7-6-14-32-20-11-9-19(10-12-20)26(3,4)5/h8-13,15-16H,6-7,14H2,1-5H3,(H,27,29,31). The van der Waals surface area contributed by atoms with E-state index in [2.05, 4.69) is 80.3 Å². The van der Waals surface area contributed by atoms with E-state index in [1.165, 1.54) is 28.0 Å². The van der Waals surface area contributed by atoms with Crippen LogP contribution >= 0.6 is 11.3 Å². The lowest BCUT2D eigenvalue weighted by molar-refractivity contribution is -0.116. The Morgan fingerprint density at radius 2 is 1.88 bits per heavy atom. The van der Waals surface area contributed by atoms with E-state index in [4.69, 9.17) is 4.74 Å². The van der Waals surface area contributed by atoms with Crippen LogP contribution in [0.2, 0.25) is 0 Å². The molecule has 0 atom stereocenters. The molecule has 0 bridgehead atoms. The third-order valence-corrected chi connectivity index (χ3v) is 6.34. The second kappa shape index (κ2) is 9.35. The van der Waals surface area contributed by atoms with Gasteiger partial charge in [-0.3, -0.25) is 10.1 Å². The van der Waals surface area contributed by atoms with E-state index in [0.717, 1.165) is 22.0 Å². The molecule has 6 nitrogen and oxygen atoms in total. The van der Waals surface area contributed by atoms with Crippen molar-refractivity contribution in [1.29, 1.82) is 0 Å². The molecule has 2 aromatic carbocycles. The molecule has 172 valence electrons. The topological polar surface area (TPSA) is 68.5 Å². The zero-order valence-electron chi connectivity index (χ0n) is 19.8. The van der Waals surface area contributed by atoms with Crippen molar-refractivity contribution in [2.24, 2.45) is 0 Å². The lowest BCUT2D eigenvalue weighted by atomic mass is 9.87. The van der Waals surface area contributed by atoms with Crippen LogP contribution in [-0.4, -0.2) is 27.1 Å². The van der Waals surface area contributed by atoms with Crippen molar-refractivity contribution in [3.05, 3.63) is 64.5 Å². The Labute approximate surface area is 198 Å². The molecule has 4 rings (SSSR count). The van der Waals surface area contributed by atoms with Crippen LogP contribution in [0.4, 0.5) is 5.95 Å². The van der Waals surface area contributed by atoms with E-state index in [0.29, 0.717) is 25.4 Å². The maximum Gasteiger partial charge on any atom is 0.250 e. The van der Waals surface area contributed by atoms with Crippen molar-refractivity contribution in [3.8, 4) is 17.0 Å². The monoisotopic (exact) mass is 462 g/mol. The van der Waals surface area contributed by atoms with Gasteiger partial charge >= 0.3 is 0 Å². The molecule has 7 heteroatoms. The number of anilines is 1. The van der Waals surface area contributed by atoms with E-state index < -0.39 is 0 Å². The number of carbonyl (C=O) groups is 1. The first-order chi connectivity index (χ1) is 15.7. The highest BCUT2D eigenvalue weighted by molar-refractivity contribution is 7.15. The average Bonchev–Trinajstić information content (AvgIpc) is 3.31. The molecule has 0 saturated heterocycles. The molecule has 0 saturated carbocycles.